The molecule has 12 heteroatoms. The zero-order valence-electron chi connectivity index (χ0n) is 28.7. The highest BCUT2D eigenvalue weighted by molar-refractivity contribution is 7.99. The Morgan fingerprint density at radius 1 is 0.827 bits per heavy atom. The molecule has 1 fully saturated rings. The molecule has 0 unspecified atom stereocenters. The Hall–Kier alpha value is -4.20. The Kier molecular flexibility index (Phi) is 12.3. The van der Waals surface area contributed by atoms with Gasteiger partial charge in [0.2, 0.25) is 0 Å². The lowest BCUT2D eigenvalue weighted by atomic mass is 9.99. The number of hydrogen-bond acceptors (Lipinski definition) is 7. The van der Waals surface area contributed by atoms with Gasteiger partial charge in [0.25, 0.3) is 10.0 Å². The number of hydrogen-bond donors (Lipinski definition) is 3. The normalized spacial score (nSPS) is 14.4. The highest BCUT2D eigenvalue weighted by atomic mass is 35.5. The van der Waals surface area contributed by atoms with E-state index in [4.69, 9.17) is 11.6 Å². The summed E-state index contributed by atoms with van der Waals surface area (Å²) < 4.78 is 29.7. The van der Waals surface area contributed by atoms with Crippen molar-refractivity contribution in [2.45, 2.75) is 35.7 Å². The van der Waals surface area contributed by atoms with Crippen molar-refractivity contribution in [3.63, 3.8) is 0 Å². The van der Waals surface area contributed by atoms with Crippen molar-refractivity contribution in [2.24, 2.45) is 4.99 Å². The van der Waals surface area contributed by atoms with Crippen molar-refractivity contribution >= 4 is 50.6 Å². The molecule has 0 aliphatic carbocycles. The summed E-state index contributed by atoms with van der Waals surface area (Å²) in [5.41, 5.74) is 9.01. The SMILES string of the molecule is O.O=S(=O)(NC1=NCc2cc(N3CCN(Cc4ccccc4-c4ccc(Cl)cc4)CC3)ccc21)c1ccc(CCCSc2ccccc2)c([NH2+]O)c1. The Balaban J connectivity index is 0.00000464. The molecular formula is C40H43ClN5O4S2+. The number of benzene rings is 5. The molecule has 0 amide bonds. The molecule has 0 radical (unpaired) electrons. The van der Waals surface area contributed by atoms with Crippen LogP contribution in [0.15, 0.2) is 130 Å². The number of rotatable bonds is 12. The van der Waals surface area contributed by atoms with E-state index >= 15 is 0 Å². The van der Waals surface area contributed by atoms with Gasteiger partial charge in [-0.15, -0.1) is 11.8 Å². The highest BCUT2D eigenvalue weighted by Gasteiger charge is 2.26. The lowest BCUT2D eigenvalue weighted by Gasteiger charge is -2.36. The fourth-order valence-electron chi connectivity index (χ4n) is 6.69. The number of fused-ring (bicyclic) bond motifs is 1. The number of aliphatic imine (C=N–C) groups is 1. The number of nitrogens with one attached hydrogen (secondary N) is 1. The smallest absolute Gasteiger partial charge is 0.263 e. The summed E-state index contributed by atoms with van der Waals surface area (Å²) in [5, 5.41) is 10.7. The zero-order valence-corrected chi connectivity index (χ0v) is 31.1. The number of quaternary nitrogens is 1. The van der Waals surface area contributed by atoms with E-state index in [0.29, 0.717) is 18.1 Å². The summed E-state index contributed by atoms with van der Waals surface area (Å²) in [7, 11) is -3.92. The summed E-state index contributed by atoms with van der Waals surface area (Å²) in [6.45, 7) is 4.96. The van der Waals surface area contributed by atoms with Gasteiger partial charge in [-0.1, -0.05) is 72.3 Å². The van der Waals surface area contributed by atoms with Gasteiger partial charge in [-0.25, -0.2) is 13.6 Å². The molecule has 0 saturated carbocycles. The second-order valence-electron chi connectivity index (χ2n) is 12.8. The third-order valence-electron chi connectivity index (χ3n) is 9.46. The Morgan fingerprint density at radius 3 is 2.35 bits per heavy atom. The van der Waals surface area contributed by atoms with Crippen LogP contribution in [0, 0.1) is 0 Å². The number of nitrogens with zero attached hydrogens (tertiary/aromatic N) is 3. The lowest BCUT2D eigenvalue weighted by molar-refractivity contribution is -0.826. The molecule has 0 bridgehead atoms. The molecule has 5 aromatic rings. The first-order valence-electron chi connectivity index (χ1n) is 17.2. The van der Waals surface area contributed by atoms with Gasteiger partial charge in [-0.3, -0.25) is 14.6 Å². The monoisotopic (exact) mass is 756 g/mol. The molecule has 2 aliphatic heterocycles. The first kappa shape index (κ1) is 37.6. The van der Waals surface area contributed by atoms with Gasteiger partial charge < -0.3 is 10.4 Å². The van der Waals surface area contributed by atoms with Gasteiger partial charge in [-0.2, -0.15) is 5.48 Å². The first-order valence-corrected chi connectivity index (χ1v) is 20.0. The number of thioether (sulfide) groups is 1. The highest BCUT2D eigenvalue weighted by Crippen LogP contribution is 2.29. The van der Waals surface area contributed by atoms with Crippen LogP contribution in [0.4, 0.5) is 11.4 Å². The van der Waals surface area contributed by atoms with Gasteiger partial charge in [-0.05, 0) is 89.4 Å². The second kappa shape index (κ2) is 17.1. The minimum absolute atomic E-state index is 0. The van der Waals surface area contributed by atoms with Gasteiger partial charge in [0.05, 0.1) is 11.4 Å². The molecule has 7 rings (SSSR count). The van der Waals surface area contributed by atoms with Crippen molar-refractivity contribution in [3.8, 4) is 11.1 Å². The van der Waals surface area contributed by atoms with E-state index in [-0.39, 0.29) is 10.4 Å². The van der Waals surface area contributed by atoms with Crippen molar-refractivity contribution in [3.05, 3.63) is 143 Å². The van der Waals surface area contributed by atoms with E-state index in [2.05, 4.69) is 80.2 Å². The first-order chi connectivity index (χ1) is 24.9. The van der Waals surface area contributed by atoms with Crippen LogP contribution >= 0.6 is 23.4 Å². The van der Waals surface area contributed by atoms with Crippen molar-refractivity contribution in [1.82, 2.24) is 9.62 Å². The molecular weight excluding hydrogens is 714 g/mol. The van der Waals surface area contributed by atoms with Crippen LogP contribution in [0.25, 0.3) is 11.1 Å². The third-order valence-corrected chi connectivity index (χ3v) is 12.1. The van der Waals surface area contributed by atoms with Crippen LogP contribution in [0.1, 0.15) is 28.7 Å². The van der Waals surface area contributed by atoms with E-state index in [9.17, 15) is 13.6 Å². The second-order valence-corrected chi connectivity index (χ2v) is 16.1. The quantitative estimate of drug-likeness (QED) is 0.0615. The molecule has 0 spiro atoms. The molecule has 6 N–H and O–H groups in total. The predicted octanol–water partition coefficient (Wildman–Crippen LogP) is 6.05. The summed E-state index contributed by atoms with van der Waals surface area (Å²) in [6, 6.07) is 37.9. The minimum atomic E-state index is -3.92. The maximum Gasteiger partial charge on any atom is 0.263 e. The summed E-state index contributed by atoms with van der Waals surface area (Å²) in [4.78, 5) is 10.8. The van der Waals surface area contributed by atoms with Crippen LogP contribution in [-0.2, 0) is 29.5 Å². The van der Waals surface area contributed by atoms with E-state index in [1.54, 1.807) is 23.9 Å². The lowest BCUT2D eigenvalue weighted by Crippen LogP contribution is -2.74. The number of anilines is 1. The number of aryl methyl sites for hydroxylation is 1. The van der Waals surface area contributed by atoms with Gasteiger partial charge in [0.15, 0.2) is 5.69 Å². The average Bonchev–Trinajstić information content (AvgIpc) is 3.55. The van der Waals surface area contributed by atoms with Gasteiger partial charge >= 0.3 is 0 Å². The van der Waals surface area contributed by atoms with Crippen LogP contribution in [0.5, 0.6) is 0 Å². The predicted molar refractivity (Wildman–Crippen MR) is 210 cm³/mol. The molecule has 2 aliphatic rings. The van der Waals surface area contributed by atoms with Crippen LogP contribution < -0.4 is 15.1 Å². The number of sulfonamides is 1. The summed E-state index contributed by atoms with van der Waals surface area (Å²) in [5.74, 6) is 1.27. The van der Waals surface area contributed by atoms with Crippen LogP contribution in [0.2, 0.25) is 5.02 Å². The van der Waals surface area contributed by atoms with Crippen molar-refractivity contribution < 1.29 is 24.6 Å². The van der Waals surface area contributed by atoms with E-state index in [1.807, 2.05) is 36.4 Å². The van der Waals surface area contributed by atoms with E-state index in [0.717, 1.165) is 84.2 Å². The third kappa shape index (κ3) is 8.87. The molecule has 52 heavy (non-hydrogen) atoms. The Bertz CT molecular complexity index is 2120. The number of nitrogens with two attached hydrogens (primary N) is 1. The topological polar surface area (TPSA) is 133 Å². The fourth-order valence-corrected chi connectivity index (χ4v) is 8.77. The van der Waals surface area contributed by atoms with Crippen LogP contribution in [0.3, 0.4) is 0 Å². The van der Waals surface area contributed by atoms with Gasteiger partial charge in [0.1, 0.15) is 5.84 Å². The van der Waals surface area contributed by atoms with Gasteiger partial charge in [0, 0.05) is 65.5 Å². The largest absolute Gasteiger partial charge is 0.412 e. The number of piperazine rings is 1. The Labute approximate surface area is 314 Å². The summed E-state index contributed by atoms with van der Waals surface area (Å²) in [6.07, 6.45) is 1.63. The number of amidine groups is 1. The van der Waals surface area contributed by atoms with E-state index in [1.165, 1.54) is 27.7 Å². The molecule has 5 aromatic carbocycles. The van der Waals surface area contributed by atoms with Crippen molar-refractivity contribution in [1.29, 1.82) is 0 Å². The van der Waals surface area contributed by atoms with Crippen LogP contribution in [-0.4, -0.2) is 61.8 Å². The Morgan fingerprint density at radius 2 is 1.58 bits per heavy atom. The minimum Gasteiger partial charge on any atom is -0.412 e. The summed E-state index contributed by atoms with van der Waals surface area (Å²) >= 11 is 7.91. The standard InChI is InChI=1S/C40H40ClN5O3S2.H2O/c41-33-15-12-29(13-16-33)37-11-5-4-7-31(37)28-45-20-22-46(23-21-45)34-17-19-38-32(25-34)27-42-40(38)44-51(48,49)36-18-14-30(39(26-36)43-47)8-6-24-50-35-9-2-1-3-10-35;/h1-5,7,9-19,25-26,43,47H,6,8,20-24,27-28H2,(H,42,44);1H2/p+1. The van der Waals surface area contributed by atoms with E-state index < -0.39 is 10.0 Å². The van der Waals surface area contributed by atoms with Crippen molar-refractivity contribution in [2.75, 3.05) is 36.8 Å². The number of halogens is 1. The molecule has 9 nitrogen and oxygen atoms in total. The maximum absolute atomic E-state index is 13.5. The zero-order chi connectivity index (χ0) is 35.2. The molecule has 0 atom stereocenters. The maximum atomic E-state index is 13.5. The molecule has 2 heterocycles. The molecule has 0 aromatic heterocycles. The average molecular weight is 757 g/mol. The fraction of sp³-hybridized carbons (Fsp3) is 0.225. The molecule has 270 valence electrons. The molecule has 1 saturated heterocycles.